The van der Waals surface area contributed by atoms with Crippen LogP contribution in [0.2, 0.25) is 6.32 Å². The molecule has 0 radical (unpaired) electrons. The highest BCUT2D eigenvalue weighted by atomic mass is 32.2. The van der Waals surface area contributed by atoms with E-state index >= 15 is 0 Å². The van der Waals surface area contributed by atoms with Gasteiger partial charge in [-0.05, 0) is 30.6 Å². The van der Waals surface area contributed by atoms with Crippen molar-refractivity contribution >= 4 is 29.7 Å². The van der Waals surface area contributed by atoms with Crippen LogP contribution in [-0.4, -0.2) is 34.6 Å². The van der Waals surface area contributed by atoms with Crippen LogP contribution in [0.5, 0.6) is 5.75 Å². The van der Waals surface area contributed by atoms with Gasteiger partial charge < -0.3 is 9.97 Å². The number of nitrogens with one attached hydrogen (secondary N) is 1. The number of nitrogens with zero attached hydrogens (tertiary/aromatic N) is 2. The second-order valence-electron chi connectivity index (χ2n) is 3.94. The predicted molar refractivity (Wildman–Crippen MR) is 75.8 cm³/mol. The van der Waals surface area contributed by atoms with Crippen molar-refractivity contribution in [2.75, 3.05) is 6.54 Å². The van der Waals surface area contributed by atoms with Crippen LogP contribution >= 0.6 is 0 Å². The number of amidine groups is 1. The van der Waals surface area contributed by atoms with E-state index in [9.17, 15) is 8.42 Å². The van der Waals surface area contributed by atoms with Crippen LogP contribution in [0.15, 0.2) is 38.6 Å². The highest BCUT2D eigenvalue weighted by Crippen LogP contribution is 2.18. The molecule has 8 heteroatoms. The summed E-state index contributed by atoms with van der Waals surface area (Å²) in [6.07, 6.45) is 2.33. The molecule has 0 fully saturated rings. The monoisotopic (exact) mass is 279 g/mol. The largest absolute Gasteiger partial charge is 0.564 e. The van der Waals surface area contributed by atoms with E-state index in [0.29, 0.717) is 19.8 Å². The second-order valence-corrected chi connectivity index (χ2v) is 5.55. The van der Waals surface area contributed by atoms with Gasteiger partial charge in [0.25, 0.3) is 10.0 Å². The Morgan fingerprint density at radius 1 is 1.42 bits per heavy atom. The molecule has 0 saturated carbocycles. The van der Waals surface area contributed by atoms with Crippen molar-refractivity contribution in [2.45, 2.75) is 18.1 Å². The third-order valence-electron chi connectivity index (χ3n) is 2.39. The van der Waals surface area contributed by atoms with Crippen molar-refractivity contribution in [3.63, 3.8) is 0 Å². The molecule has 1 N–H and O–H groups in total. The SMILES string of the molecule is CCBOc1ccc(S(=O)(=O)/N=C2\CNC=N2)cc1. The van der Waals surface area contributed by atoms with Gasteiger partial charge in [0.05, 0.1) is 23.5 Å². The Kier molecular flexibility index (Phi) is 4.21. The van der Waals surface area contributed by atoms with Crippen molar-refractivity contribution in [3.8, 4) is 5.75 Å². The summed E-state index contributed by atoms with van der Waals surface area (Å²) < 4.78 is 33.0. The van der Waals surface area contributed by atoms with Gasteiger partial charge in [0, 0.05) is 0 Å². The van der Waals surface area contributed by atoms with E-state index < -0.39 is 10.0 Å². The maximum absolute atomic E-state index is 12.0. The lowest BCUT2D eigenvalue weighted by Gasteiger charge is -2.05. The number of rotatable bonds is 5. The average Bonchev–Trinajstić information content (AvgIpc) is 2.89. The molecule has 1 heterocycles. The fraction of sp³-hybridized carbons (Fsp3) is 0.273. The molecule has 0 atom stereocenters. The highest BCUT2D eigenvalue weighted by molar-refractivity contribution is 7.90. The number of benzene rings is 1. The van der Waals surface area contributed by atoms with E-state index in [-0.39, 0.29) is 10.7 Å². The fourth-order valence-corrected chi connectivity index (χ4v) is 2.45. The lowest BCUT2D eigenvalue weighted by molar-refractivity contribution is 0.590. The zero-order chi connectivity index (χ0) is 13.7. The lowest BCUT2D eigenvalue weighted by atomic mass is 9.97. The third kappa shape index (κ3) is 3.57. The number of hydrogen-bond acceptors (Lipinski definition) is 4. The van der Waals surface area contributed by atoms with Crippen LogP contribution < -0.4 is 9.97 Å². The summed E-state index contributed by atoms with van der Waals surface area (Å²) in [5.41, 5.74) is 0. The minimum atomic E-state index is -3.70. The summed E-state index contributed by atoms with van der Waals surface area (Å²) in [5, 5.41) is 2.77. The molecule has 19 heavy (non-hydrogen) atoms. The number of aliphatic imine (C=N–C) groups is 1. The molecule has 0 bridgehead atoms. The van der Waals surface area contributed by atoms with Crippen molar-refractivity contribution in [2.24, 2.45) is 9.39 Å². The minimum Gasteiger partial charge on any atom is -0.564 e. The predicted octanol–water partition coefficient (Wildman–Crippen LogP) is 0.574. The van der Waals surface area contributed by atoms with Crippen molar-refractivity contribution in [3.05, 3.63) is 24.3 Å². The molecule has 1 aromatic carbocycles. The van der Waals surface area contributed by atoms with Gasteiger partial charge in [0.15, 0.2) is 5.84 Å². The Morgan fingerprint density at radius 2 is 2.16 bits per heavy atom. The second kappa shape index (κ2) is 5.88. The Morgan fingerprint density at radius 3 is 2.74 bits per heavy atom. The summed E-state index contributed by atoms with van der Waals surface area (Å²) in [7, 11) is -3.10. The van der Waals surface area contributed by atoms with Gasteiger partial charge in [-0.25, -0.2) is 4.99 Å². The first kappa shape index (κ1) is 13.6. The number of hydrogen-bond donors (Lipinski definition) is 1. The molecule has 0 aromatic heterocycles. The van der Waals surface area contributed by atoms with Gasteiger partial charge in [-0.15, -0.1) is 4.40 Å². The van der Waals surface area contributed by atoms with E-state index in [4.69, 9.17) is 4.65 Å². The van der Waals surface area contributed by atoms with Crippen LogP contribution in [0.3, 0.4) is 0 Å². The topological polar surface area (TPSA) is 80.1 Å². The van der Waals surface area contributed by atoms with Crippen LogP contribution in [0.25, 0.3) is 0 Å². The van der Waals surface area contributed by atoms with E-state index in [1.807, 2.05) is 6.92 Å². The van der Waals surface area contributed by atoms with Crippen LogP contribution in [0.1, 0.15) is 6.92 Å². The molecule has 6 nitrogen and oxygen atoms in total. The van der Waals surface area contributed by atoms with Gasteiger partial charge in [0.1, 0.15) is 0 Å². The molecule has 0 saturated heterocycles. The van der Waals surface area contributed by atoms with Gasteiger partial charge in [0.2, 0.25) is 0 Å². The molecule has 2 rings (SSSR count). The molecule has 0 unspecified atom stereocenters. The quantitative estimate of drug-likeness (QED) is 0.799. The normalized spacial score (nSPS) is 16.4. The summed E-state index contributed by atoms with van der Waals surface area (Å²) in [5.74, 6) is 0.903. The highest BCUT2D eigenvalue weighted by Gasteiger charge is 2.15. The molecule has 1 aromatic rings. The summed E-state index contributed by atoms with van der Waals surface area (Å²) in [6, 6.07) is 6.21. The van der Waals surface area contributed by atoms with Crippen molar-refractivity contribution in [1.82, 2.24) is 5.32 Å². The molecule has 0 aliphatic carbocycles. The van der Waals surface area contributed by atoms with E-state index in [1.54, 1.807) is 12.1 Å². The third-order valence-corrected chi connectivity index (χ3v) is 3.70. The minimum absolute atomic E-state index is 0.131. The zero-order valence-electron chi connectivity index (χ0n) is 10.5. The first-order chi connectivity index (χ1) is 9.12. The van der Waals surface area contributed by atoms with E-state index in [0.717, 1.165) is 6.32 Å². The van der Waals surface area contributed by atoms with Crippen LogP contribution in [0.4, 0.5) is 0 Å². The Hall–Kier alpha value is -1.83. The van der Waals surface area contributed by atoms with Crippen molar-refractivity contribution < 1.29 is 13.1 Å². The average molecular weight is 279 g/mol. The molecule has 1 aliphatic rings. The molecular weight excluding hydrogens is 265 g/mol. The Balaban J connectivity index is 2.16. The maximum atomic E-state index is 12.0. The van der Waals surface area contributed by atoms with Gasteiger partial charge in [-0.1, -0.05) is 6.92 Å². The summed E-state index contributed by atoms with van der Waals surface area (Å²) in [6.45, 7) is 2.34. The van der Waals surface area contributed by atoms with Gasteiger partial charge in [-0.2, -0.15) is 8.42 Å². The van der Waals surface area contributed by atoms with Gasteiger partial charge in [-0.3, -0.25) is 0 Å². The summed E-state index contributed by atoms with van der Waals surface area (Å²) >= 11 is 0. The van der Waals surface area contributed by atoms with E-state index in [1.165, 1.54) is 18.5 Å². The fourth-order valence-electron chi connectivity index (χ4n) is 1.48. The maximum Gasteiger partial charge on any atom is 0.339 e. The standard InChI is InChI=1S/C11H14BN3O3S/c1-2-12-18-9-3-5-10(6-4-9)19(16,17)15-11-7-13-8-14-11/h3-6,8,12H,2,7H2,1H3,(H,13,14,15). The lowest BCUT2D eigenvalue weighted by Crippen LogP contribution is -2.12. The van der Waals surface area contributed by atoms with E-state index in [2.05, 4.69) is 14.7 Å². The molecule has 1 aliphatic heterocycles. The van der Waals surface area contributed by atoms with Gasteiger partial charge >= 0.3 is 7.48 Å². The zero-order valence-corrected chi connectivity index (χ0v) is 11.4. The smallest absolute Gasteiger partial charge is 0.339 e. The summed E-state index contributed by atoms with van der Waals surface area (Å²) in [4.78, 5) is 3.94. The first-order valence-corrected chi connectivity index (χ1v) is 7.38. The molecule has 0 spiro atoms. The Bertz CT molecular complexity index is 596. The number of sulfonamides is 1. The Labute approximate surface area is 112 Å². The molecule has 100 valence electrons. The molecule has 0 amide bonds. The first-order valence-electron chi connectivity index (χ1n) is 5.94. The van der Waals surface area contributed by atoms with Crippen molar-refractivity contribution in [1.29, 1.82) is 0 Å². The molecular formula is C11H14BN3O3S. The van der Waals surface area contributed by atoms with Crippen LogP contribution in [-0.2, 0) is 10.0 Å². The van der Waals surface area contributed by atoms with Crippen LogP contribution in [0, 0.1) is 0 Å².